The maximum Gasteiger partial charge on any atom is 0.101 e. The van der Waals surface area contributed by atoms with E-state index in [0.29, 0.717) is 18.7 Å². The van der Waals surface area contributed by atoms with Crippen molar-refractivity contribution < 1.29 is 9.84 Å². The molecule has 2 unspecified atom stereocenters. The van der Waals surface area contributed by atoms with Gasteiger partial charge in [-0.2, -0.15) is 5.26 Å². The van der Waals surface area contributed by atoms with E-state index >= 15 is 0 Å². The first-order valence-corrected chi connectivity index (χ1v) is 5.74. The van der Waals surface area contributed by atoms with E-state index in [1.807, 2.05) is 24.3 Å². The van der Waals surface area contributed by atoms with Crippen LogP contribution >= 0.6 is 0 Å². The Morgan fingerprint density at radius 2 is 2.29 bits per heavy atom. The highest BCUT2D eigenvalue weighted by molar-refractivity contribution is 5.60. The molecule has 0 radical (unpaired) electrons. The van der Waals surface area contributed by atoms with E-state index in [4.69, 9.17) is 15.1 Å². The zero-order valence-electron chi connectivity index (χ0n) is 9.84. The monoisotopic (exact) mass is 232 g/mol. The maximum atomic E-state index is 9.15. The van der Waals surface area contributed by atoms with Crippen molar-refractivity contribution in [2.75, 3.05) is 24.7 Å². The summed E-state index contributed by atoms with van der Waals surface area (Å²) in [6.07, 6.45) is -0.169. The fourth-order valence-corrected chi connectivity index (χ4v) is 2.08. The summed E-state index contributed by atoms with van der Waals surface area (Å²) >= 11 is 0. The molecule has 1 aliphatic heterocycles. The number of hydrogen-bond donors (Lipinski definition) is 1. The molecule has 1 aromatic rings. The molecule has 0 aliphatic carbocycles. The second-order valence-corrected chi connectivity index (χ2v) is 4.27. The van der Waals surface area contributed by atoms with Crippen molar-refractivity contribution in [3.05, 3.63) is 29.8 Å². The Balaban J connectivity index is 2.28. The van der Waals surface area contributed by atoms with Crippen LogP contribution in [-0.4, -0.2) is 37.0 Å². The summed E-state index contributed by atoms with van der Waals surface area (Å²) in [4.78, 5) is 2.13. The lowest BCUT2D eigenvalue weighted by atomic mass is 10.1. The Morgan fingerprint density at radius 3 is 3.00 bits per heavy atom. The number of anilines is 1. The van der Waals surface area contributed by atoms with Crippen molar-refractivity contribution in [1.82, 2.24) is 0 Å². The molecule has 1 N–H and O–H groups in total. The molecule has 2 rings (SSSR count). The smallest absolute Gasteiger partial charge is 0.101 e. The summed E-state index contributed by atoms with van der Waals surface area (Å²) in [5.41, 5.74) is 1.59. The first kappa shape index (κ1) is 11.9. The lowest BCUT2D eigenvalue weighted by Gasteiger charge is -2.39. The topological polar surface area (TPSA) is 56.5 Å². The molecule has 4 heteroatoms. The zero-order chi connectivity index (χ0) is 12.3. The van der Waals surface area contributed by atoms with Crippen molar-refractivity contribution in [2.24, 2.45) is 0 Å². The van der Waals surface area contributed by atoms with Gasteiger partial charge in [0.25, 0.3) is 0 Å². The Bertz CT molecular complexity index is 428. The van der Waals surface area contributed by atoms with Gasteiger partial charge in [0.15, 0.2) is 0 Å². The summed E-state index contributed by atoms with van der Waals surface area (Å²) in [6.45, 7) is 3.26. The van der Waals surface area contributed by atoms with E-state index in [0.717, 1.165) is 5.69 Å². The van der Waals surface area contributed by atoms with Crippen molar-refractivity contribution >= 4 is 5.69 Å². The second kappa shape index (κ2) is 5.17. The van der Waals surface area contributed by atoms with Gasteiger partial charge >= 0.3 is 0 Å². The normalized spacial score (nSPS) is 24.4. The zero-order valence-corrected chi connectivity index (χ0v) is 9.84. The van der Waals surface area contributed by atoms with Gasteiger partial charge in [-0.05, 0) is 19.1 Å². The van der Waals surface area contributed by atoms with Gasteiger partial charge in [0, 0.05) is 12.6 Å². The summed E-state index contributed by atoms with van der Waals surface area (Å²) in [7, 11) is 0. The van der Waals surface area contributed by atoms with Crippen LogP contribution in [0, 0.1) is 11.3 Å². The largest absolute Gasteiger partial charge is 0.394 e. The maximum absolute atomic E-state index is 9.15. The summed E-state index contributed by atoms with van der Waals surface area (Å²) in [5.74, 6) is 0. The highest BCUT2D eigenvalue weighted by Gasteiger charge is 2.26. The summed E-state index contributed by atoms with van der Waals surface area (Å²) in [5, 5.41) is 18.3. The minimum atomic E-state index is -0.169. The van der Waals surface area contributed by atoms with Crippen LogP contribution in [-0.2, 0) is 4.74 Å². The molecule has 4 nitrogen and oxygen atoms in total. The van der Waals surface area contributed by atoms with Gasteiger partial charge in [0.05, 0.1) is 30.6 Å². The predicted octanol–water partition coefficient (Wildman–Crippen LogP) is 1.14. The van der Waals surface area contributed by atoms with Gasteiger partial charge in [-0.1, -0.05) is 12.1 Å². The molecule has 0 bridgehead atoms. The van der Waals surface area contributed by atoms with Crippen LogP contribution in [0.15, 0.2) is 24.3 Å². The Kier molecular flexibility index (Phi) is 3.62. The number of rotatable bonds is 2. The highest BCUT2D eigenvalue weighted by atomic mass is 16.5. The average Bonchev–Trinajstić information content (AvgIpc) is 2.39. The van der Waals surface area contributed by atoms with Gasteiger partial charge in [0.2, 0.25) is 0 Å². The van der Waals surface area contributed by atoms with Gasteiger partial charge in [-0.3, -0.25) is 0 Å². The van der Waals surface area contributed by atoms with Gasteiger partial charge in [0.1, 0.15) is 6.07 Å². The van der Waals surface area contributed by atoms with E-state index in [1.165, 1.54) is 0 Å². The lowest BCUT2D eigenvalue weighted by Crippen LogP contribution is -2.49. The Hall–Kier alpha value is -1.57. The number of morpholine rings is 1. The number of para-hydroxylation sites is 1. The van der Waals surface area contributed by atoms with E-state index in [9.17, 15) is 0 Å². The molecule has 90 valence electrons. The number of nitrogens with zero attached hydrogens (tertiary/aromatic N) is 2. The number of ether oxygens (including phenoxy) is 1. The second-order valence-electron chi connectivity index (χ2n) is 4.27. The highest BCUT2D eigenvalue weighted by Crippen LogP contribution is 2.25. The van der Waals surface area contributed by atoms with Crippen LogP contribution < -0.4 is 4.90 Å². The molecular weight excluding hydrogens is 216 g/mol. The molecule has 0 aromatic heterocycles. The van der Waals surface area contributed by atoms with E-state index in [2.05, 4.69) is 17.9 Å². The van der Waals surface area contributed by atoms with Crippen LogP contribution in [0.25, 0.3) is 0 Å². The number of benzene rings is 1. The quantitative estimate of drug-likeness (QED) is 0.831. The fourth-order valence-electron chi connectivity index (χ4n) is 2.08. The van der Waals surface area contributed by atoms with Crippen molar-refractivity contribution in [1.29, 1.82) is 5.26 Å². The molecule has 2 atom stereocenters. The van der Waals surface area contributed by atoms with Crippen LogP contribution in [0.3, 0.4) is 0 Å². The molecule has 0 spiro atoms. The predicted molar refractivity (Wildman–Crippen MR) is 64.8 cm³/mol. The first-order chi connectivity index (χ1) is 8.26. The fraction of sp³-hybridized carbons (Fsp3) is 0.462. The third-order valence-electron chi connectivity index (χ3n) is 3.04. The molecule has 17 heavy (non-hydrogen) atoms. The SMILES string of the molecule is CC1COC(CO)CN1c1ccccc1C#N. The first-order valence-electron chi connectivity index (χ1n) is 5.74. The van der Waals surface area contributed by atoms with Crippen molar-refractivity contribution in [2.45, 2.75) is 19.1 Å². The molecule has 1 aromatic carbocycles. The molecule has 1 heterocycles. The minimum Gasteiger partial charge on any atom is -0.394 e. The molecule has 1 fully saturated rings. The number of aliphatic hydroxyl groups excluding tert-OH is 1. The Morgan fingerprint density at radius 1 is 1.53 bits per heavy atom. The van der Waals surface area contributed by atoms with Crippen LogP contribution in [0.4, 0.5) is 5.69 Å². The standard InChI is InChI=1S/C13H16N2O2/c1-10-9-17-12(8-16)7-15(10)13-5-3-2-4-11(13)6-14/h2-5,10,12,16H,7-9H2,1H3. The van der Waals surface area contributed by atoms with E-state index in [-0.39, 0.29) is 18.8 Å². The third-order valence-corrected chi connectivity index (χ3v) is 3.04. The van der Waals surface area contributed by atoms with E-state index in [1.54, 1.807) is 0 Å². The average molecular weight is 232 g/mol. The van der Waals surface area contributed by atoms with Gasteiger partial charge in [-0.25, -0.2) is 0 Å². The van der Waals surface area contributed by atoms with Gasteiger partial charge in [-0.15, -0.1) is 0 Å². The van der Waals surface area contributed by atoms with Crippen molar-refractivity contribution in [3.63, 3.8) is 0 Å². The molecule has 1 saturated heterocycles. The number of aliphatic hydroxyl groups is 1. The molecule has 0 amide bonds. The summed E-state index contributed by atoms with van der Waals surface area (Å²) in [6, 6.07) is 9.95. The van der Waals surface area contributed by atoms with Crippen LogP contribution in [0.5, 0.6) is 0 Å². The third kappa shape index (κ3) is 2.41. The van der Waals surface area contributed by atoms with E-state index < -0.39 is 0 Å². The number of hydrogen-bond acceptors (Lipinski definition) is 4. The molecule has 1 aliphatic rings. The lowest BCUT2D eigenvalue weighted by molar-refractivity contribution is -0.0103. The number of nitriles is 1. The summed E-state index contributed by atoms with van der Waals surface area (Å²) < 4.78 is 5.49. The molecule has 0 saturated carbocycles. The van der Waals surface area contributed by atoms with Gasteiger partial charge < -0.3 is 14.7 Å². The van der Waals surface area contributed by atoms with Crippen LogP contribution in [0.2, 0.25) is 0 Å². The minimum absolute atomic E-state index is 0.0118. The Labute approximate surface area is 101 Å². The van der Waals surface area contributed by atoms with Crippen molar-refractivity contribution in [3.8, 4) is 6.07 Å². The van der Waals surface area contributed by atoms with Crippen LogP contribution in [0.1, 0.15) is 12.5 Å². The molecular formula is C13H16N2O2.